The average molecular weight is 432 g/mol. The highest BCUT2D eigenvalue weighted by atomic mass is 32.1. The van der Waals surface area contributed by atoms with Crippen molar-refractivity contribution in [3.8, 4) is 0 Å². The Morgan fingerprint density at radius 2 is 1.84 bits per heavy atom. The summed E-state index contributed by atoms with van der Waals surface area (Å²) in [6, 6.07) is 16.3. The molecule has 4 rings (SSSR count). The number of benzene rings is 2. The summed E-state index contributed by atoms with van der Waals surface area (Å²) in [5, 5.41) is 19.8. The number of hydrogen-bond acceptors (Lipinski definition) is 6. The van der Waals surface area contributed by atoms with Crippen LogP contribution in [0.4, 0.5) is 5.13 Å². The van der Waals surface area contributed by atoms with E-state index in [1.165, 1.54) is 22.3 Å². The van der Waals surface area contributed by atoms with E-state index in [-0.39, 0.29) is 5.57 Å². The molecule has 6 nitrogen and oxygen atoms in total. The van der Waals surface area contributed by atoms with E-state index < -0.39 is 23.5 Å². The number of carbonyl (C=O) groups is 2. The van der Waals surface area contributed by atoms with Gasteiger partial charge in [0.1, 0.15) is 5.01 Å². The first-order valence-electron chi connectivity index (χ1n) is 9.92. The Hall–Kier alpha value is -3.58. The van der Waals surface area contributed by atoms with Crippen LogP contribution in [-0.4, -0.2) is 27.0 Å². The molecule has 2 aromatic carbocycles. The van der Waals surface area contributed by atoms with Crippen LogP contribution in [0.3, 0.4) is 0 Å². The van der Waals surface area contributed by atoms with Gasteiger partial charge in [-0.05, 0) is 36.1 Å². The van der Waals surface area contributed by atoms with Crippen molar-refractivity contribution in [3.63, 3.8) is 0 Å². The summed E-state index contributed by atoms with van der Waals surface area (Å²) in [7, 11) is 0. The van der Waals surface area contributed by atoms with Crippen molar-refractivity contribution in [2.75, 3.05) is 4.90 Å². The second-order valence-corrected chi connectivity index (χ2v) is 8.31. The van der Waals surface area contributed by atoms with E-state index in [1.54, 1.807) is 13.0 Å². The first-order valence-corrected chi connectivity index (χ1v) is 10.7. The molecule has 0 radical (unpaired) electrons. The zero-order valence-electron chi connectivity index (χ0n) is 17.1. The van der Waals surface area contributed by atoms with E-state index in [0.717, 1.165) is 23.1 Å². The summed E-state index contributed by atoms with van der Waals surface area (Å²) >= 11 is 1.24. The maximum absolute atomic E-state index is 13.1. The molecule has 31 heavy (non-hydrogen) atoms. The molecule has 2 heterocycles. The van der Waals surface area contributed by atoms with Crippen molar-refractivity contribution in [1.82, 2.24) is 10.2 Å². The summed E-state index contributed by atoms with van der Waals surface area (Å²) in [6.07, 6.45) is 3.92. The SMILES string of the molecule is CCc1ccc(C2C(C(=O)/C=C/c3ccccc3)=C(O)C(=O)N2c2nnc(C)s2)cc1. The number of amides is 1. The van der Waals surface area contributed by atoms with Crippen molar-refractivity contribution in [2.24, 2.45) is 0 Å². The van der Waals surface area contributed by atoms with E-state index in [9.17, 15) is 14.7 Å². The van der Waals surface area contributed by atoms with E-state index in [0.29, 0.717) is 10.1 Å². The van der Waals surface area contributed by atoms with E-state index in [1.807, 2.05) is 54.6 Å². The Morgan fingerprint density at radius 3 is 2.45 bits per heavy atom. The molecule has 0 spiro atoms. The van der Waals surface area contributed by atoms with Crippen LogP contribution in [0.1, 0.15) is 34.7 Å². The van der Waals surface area contributed by atoms with Crippen LogP contribution < -0.4 is 4.90 Å². The molecule has 0 bridgehead atoms. The molecule has 1 N–H and O–H groups in total. The fraction of sp³-hybridized carbons (Fsp3) is 0.167. The number of aliphatic hydroxyl groups excluding tert-OH is 1. The van der Waals surface area contributed by atoms with Gasteiger partial charge >= 0.3 is 0 Å². The third kappa shape index (κ3) is 4.04. The van der Waals surface area contributed by atoms with Gasteiger partial charge in [-0.3, -0.25) is 14.5 Å². The fourth-order valence-corrected chi connectivity index (χ4v) is 4.23. The summed E-state index contributed by atoms with van der Waals surface area (Å²) < 4.78 is 0. The molecule has 3 aromatic rings. The highest BCUT2D eigenvalue weighted by molar-refractivity contribution is 7.15. The molecule has 1 aliphatic heterocycles. The van der Waals surface area contributed by atoms with Crippen molar-refractivity contribution >= 4 is 34.2 Å². The fourth-order valence-electron chi connectivity index (χ4n) is 3.51. The lowest BCUT2D eigenvalue weighted by Crippen LogP contribution is -2.30. The van der Waals surface area contributed by atoms with Gasteiger partial charge in [-0.1, -0.05) is 78.9 Å². The number of allylic oxidation sites excluding steroid dienone is 1. The normalized spacial score (nSPS) is 16.5. The molecule has 1 aromatic heterocycles. The minimum atomic E-state index is -0.779. The zero-order valence-corrected chi connectivity index (χ0v) is 18.0. The lowest BCUT2D eigenvalue weighted by atomic mass is 9.95. The van der Waals surface area contributed by atoms with Gasteiger partial charge in [-0.15, -0.1) is 10.2 Å². The number of hydrogen-bond donors (Lipinski definition) is 1. The van der Waals surface area contributed by atoms with Crippen molar-refractivity contribution in [2.45, 2.75) is 26.3 Å². The second kappa shape index (κ2) is 8.65. The highest BCUT2D eigenvalue weighted by Gasteiger charge is 2.45. The smallest absolute Gasteiger partial charge is 0.296 e. The molecule has 0 aliphatic carbocycles. The van der Waals surface area contributed by atoms with E-state index >= 15 is 0 Å². The molecule has 156 valence electrons. The first kappa shape index (κ1) is 20.7. The van der Waals surface area contributed by atoms with Gasteiger partial charge in [0.15, 0.2) is 11.5 Å². The molecule has 1 aliphatic rings. The molecule has 0 saturated carbocycles. The molecule has 1 unspecified atom stereocenters. The third-order valence-corrected chi connectivity index (χ3v) is 5.96. The predicted octanol–water partition coefficient (Wildman–Crippen LogP) is 4.59. The van der Waals surface area contributed by atoms with Crippen LogP contribution >= 0.6 is 11.3 Å². The number of anilines is 1. The molecular weight excluding hydrogens is 410 g/mol. The number of aryl methyl sites for hydroxylation is 2. The van der Waals surface area contributed by atoms with Crippen molar-refractivity contribution < 1.29 is 14.7 Å². The quantitative estimate of drug-likeness (QED) is 0.577. The lowest BCUT2D eigenvalue weighted by molar-refractivity contribution is -0.117. The number of aromatic nitrogens is 2. The average Bonchev–Trinajstić information content (AvgIpc) is 3.33. The van der Waals surface area contributed by atoms with Gasteiger partial charge in [0, 0.05) is 0 Å². The van der Waals surface area contributed by atoms with Gasteiger partial charge < -0.3 is 5.11 Å². The Kier molecular flexibility index (Phi) is 5.77. The molecule has 0 saturated heterocycles. The predicted molar refractivity (Wildman–Crippen MR) is 121 cm³/mol. The topological polar surface area (TPSA) is 83.4 Å². The summed E-state index contributed by atoms with van der Waals surface area (Å²) in [4.78, 5) is 27.5. The van der Waals surface area contributed by atoms with Crippen LogP contribution in [0, 0.1) is 6.92 Å². The monoisotopic (exact) mass is 431 g/mol. The van der Waals surface area contributed by atoms with Gasteiger partial charge in [0.05, 0.1) is 11.6 Å². The van der Waals surface area contributed by atoms with Gasteiger partial charge in [0.2, 0.25) is 5.13 Å². The molecule has 0 fully saturated rings. The molecule has 1 amide bonds. The van der Waals surface area contributed by atoms with Crippen LogP contribution in [0.25, 0.3) is 6.08 Å². The molecule has 7 heteroatoms. The van der Waals surface area contributed by atoms with E-state index in [4.69, 9.17) is 0 Å². The summed E-state index contributed by atoms with van der Waals surface area (Å²) in [6.45, 7) is 3.84. The maximum atomic E-state index is 13.1. The van der Waals surface area contributed by atoms with E-state index in [2.05, 4.69) is 17.1 Å². The van der Waals surface area contributed by atoms with Crippen LogP contribution in [0.15, 0.2) is 72.0 Å². The van der Waals surface area contributed by atoms with Gasteiger partial charge in [0.25, 0.3) is 5.91 Å². The Labute approximate surface area is 184 Å². The third-order valence-electron chi connectivity index (χ3n) is 5.13. The van der Waals surface area contributed by atoms with Crippen LogP contribution in [-0.2, 0) is 16.0 Å². The molecular formula is C24H21N3O3S. The summed E-state index contributed by atoms with van der Waals surface area (Å²) in [5.41, 5.74) is 2.74. The number of ketones is 1. The maximum Gasteiger partial charge on any atom is 0.296 e. The van der Waals surface area contributed by atoms with Crippen LogP contribution in [0.2, 0.25) is 0 Å². The minimum Gasteiger partial charge on any atom is -0.503 e. The lowest BCUT2D eigenvalue weighted by Gasteiger charge is -2.24. The van der Waals surface area contributed by atoms with Gasteiger partial charge in [-0.25, -0.2) is 0 Å². The Bertz CT molecular complexity index is 1180. The number of aliphatic hydroxyl groups is 1. The van der Waals surface area contributed by atoms with Gasteiger partial charge in [-0.2, -0.15) is 0 Å². The minimum absolute atomic E-state index is 0.0364. The Balaban J connectivity index is 1.77. The number of rotatable bonds is 6. The largest absolute Gasteiger partial charge is 0.503 e. The van der Waals surface area contributed by atoms with Crippen LogP contribution in [0.5, 0.6) is 0 Å². The first-order chi connectivity index (χ1) is 15.0. The number of carbonyl (C=O) groups excluding carboxylic acids is 2. The second-order valence-electron chi connectivity index (χ2n) is 7.15. The Morgan fingerprint density at radius 1 is 1.13 bits per heavy atom. The standard InChI is InChI=1S/C24H21N3O3S/c1-3-16-9-12-18(13-10-16)21-20(19(28)14-11-17-7-5-4-6-8-17)22(29)23(30)27(21)24-26-25-15(2)31-24/h4-14,21,29H,3H2,1-2H3/b14-11+. The van der Waals surface area contributed by atoms with Crippen molar-refractivity contribution in [1.29, 1.82) is 0 Å². The highest BCUT2D eigenvalue weighted by Crippen LogP contribution is 2.42. The molecule has 1 atom stereocenters. The van der Waals surface area contributed by atoms with Crippen molar-refractivity contribution in [3.05, 3.63) is 93.7 Å². The summed E-state index contributed by atoms with van der Waals surface area (Å²) in [5.74, 6) is -1.64. The zero-order chi connectivity index (χ0) is 22.0. The number of nitrogens with zero attached hydrogens (tertiary/aromatic N) is 3.